The Morgan fingerprint density at radius 2 is 1.78 bits per heavy atom. The molecule has 2 aliphatic heterocycles. The van der Waals surface area contributed by atoms with Crippen LogP contribution >= 0.6 is 11.3 Å². The molecule has 0 aliphatic carbocycles. The maximum Gasteiger partial charge on any atom is 0.282 e. The van der Waals surface area contributed by atoms with Crippen LogP contribution in [0.2, 0.25) is 0 Å². The normalized spacial score (nSPS) is 18.4. The monoisotopic (exact) mass is 377 g/mol. The molecule has 1 fully saturated rings. The van der Waals surface area contributed by atoms with Gasteiger partial charge in [-0.2, -0.15) is 5.26 Å². The summed E-state index contributed by atoms with van der Waals surface area (Å²) in [5.74, 6) is 0.0670. The van der Waals surface area contributed by atoms with Crippen molar-refractivity contribution in [3.05, 3.63) is 57.9 Å². The number of thiophene rings is 1. The Labute approximate surface area is 162 Å². The second kappa shape index (κ2) is 7.01. The second-order valence-electron chi connectivity index (χ2n) is 6.97. The molecule has 2 aromatic rings. The van der Waals surface area contributed by atoms with Gasteiger partial charge in [0.25, 0.3) is 11.8 Å². The fraction of sp³-hybridized carbons (Fsp3) is 0.286. The molecule has 0 radical (unpaired) electrons. The third kappa shape index (κ3) is 3.04. The molecule has 6 heteroatoms. The average molecular weight is 377 g/mol. The molecule has 0 unspecified atom stereocenters. The average Bonchev–Trinajstić information content (AvgIpc) is 3.29. The van der Waals surface area contributed by atoms with Crippen molar-refractivity contribution < 1.29 is 9.59 Å². The molecule has 0 saturated carbocycles. The van der Waals surface area contributed by atoms with Crippen LogP contribution in [0.4, 0.5) is 5.69 Å². The number of imide groups is 1. The van der Waals surface area contributed by atoms with Crippen molar-refractivity contribution in [2.75, 3.05) is 18.0 Å². The zero-order valence-corrected chi connectivity index (χ0v) is 15.8. The van der Waals surface area contributed by atoms with Gasteiger partial charge in [-0.05, 0) is 54.5 Å². The minimum atomic E-state index is -0.291. The summed E-state index contributed by atoms with van der Waals surface area (Å²) in [6, 6.07) is 12.4. The van der Waals surface area contributed by atoms with Gasteiger partial charge < -0.3 is 4.90 Å². The minimum Gasteiger partial charge on any atom is -0.366 e. The van der Waals surface area contributed by atoms with Crippen molar-refractivity contribution in [1.82, 2.24) is 4.90 Å². The van der Waals surface area contributed by atoms with Gasteiger partial charge >= 0.3 is 0 Å². The maximum absolute atomic E-state index is 13.3. The number of carbonyl (C=O) groups is 2. The summed E-state index contributed by atoms with van der Waals surface area (Å²) in [5.41, 5.74) is 2.00. The predicted molar refractivity (Wildman–Crippen MR) is 105 cm³/mol. The molecule has 5 nitrogen and oxygen atoms in total. The Morgan fingerprint density at radius 3 is 2.37 bits per heavy atom. The van der Waals surface area contributed by atoms with E-state index in [2.05, 4.69) is 17.9 Å². The maximum atomic E-state index is 13.3. The fourth-order valence-corrected chi connectivity index (χ4v) is 4.37. The van der Waals surface area contributed by atoms with Gasteiger partial charge in [-0.1, -0.05) is 13.0 Å². The Balaban J connectivity index is 1.76. The lowest BCUT2D eigenvalue weighted by atomic mass is 9.98. The molecule has 3 heterocycles. The molecule has 2 aliphatic rings. The Morgan fingerprint density at radius 1 is 1.07 bits per heavy atom. The minimum absolute atomic E-state index is 0.275. The standard InChI is InChI=1S/C21H19N3O2S/c1-14-8-10-23(11-9-14)19-18(17-3-2-12-27-17)20(25)24(21(19)26)16-6-4-15(13-22)5-7-16/h2-7,12,14H,8-11H2,1H3. The van der Waals surface area contributed by atoms with Crippen LogP contribution in [0.1, 0.15) is 30.2 Å². The third-order valence-electron chi connectivity index (χ3n) is 5.18. The van der Waals surface area contributed by atoms with Gasteiger partial charge in [-0.3, -0.25) is 9.59 Å². The van der Waals surface area contributed by atoms with E-state index >= 15 is 0 Å². The van der Waals surface area contributed by atoms with Crippen molar-refractivity contribution >= 4 is 34.4 Å². The molecule has 1 saturated heterocycles. The molecule has 136 valence electrons. The van der Waals surface area contributed by atoms with Gasteiger partial charge in [0, 0.05) is 18.0 Å². The lowest BCUT2D eigenvalue weighted by Crippen LogP contribution is -2.38. The van der Waals surface area contributed by atoms with Crippen molar-refractivity contribution in [3.8, 4) is 6.07 Å². The van der Waals surface area contributed by atoms with E-state index in [1.54, 1.807) is 24.3 Å². The summed E-state index contributed by atoms with van der Waals surface area (Å²) in [4.78, 5) is 30.7. The molecule has 27 heavy (non-hydrogen) atoms. The van der Waals surface area contributed by atoms with Crippen LogP contribution in [0.25, 0.3) is 5.57 Å². The predicted octanol–water partition coefficient (Wildman–Crippen LogP) is 3.64. The Bertz CT molecular complexity index is 946. The van der Waals surface area contributed by atoms with Gasteiger partial charge in [0.15, 0.2) is 0 Å². The first kappa shape index (κ1) is 17.5. The third-order valence-corrected chi connectivity index (χ3v) is 6.07. The molecular weight excluding hydrogens is 358 g/mol. The first-order valence-corrected chi connectivity index (χ1v) is 9.90. The molecule has 0 spiro atoms. The topological polar surface area (TPSA) is 64.4 Å². The highest BCUT2D eigenvalue weighted by molar-refractivity contribution is 7.11. The van der Waals surface area contributed by atoms with E-state index in [0.29, 0.717) is 28.4 Å². The molecule has 1 aromatic carbocycles. The van der Waals surface area contributed by atoms with Gasteiger partial charge in [0.05, 0.1) is 22.9 Å². The van der Waals surface area contributed by atoms with Gasteiger partial charge in [0.1, 0.15) is 5.70 Å². The van der Waals surface area contributed by atoms with E-state index in [1.807, 2.05) is 17.5 Å². The lowest BCUT2D eigenvalue weighted by molar-refractivity contribution is -0.120. The number of nitriles is 1. The van der Waals surface area contributed by atoms with Crippen molar-refractivity contribution in [3.63, 3.8) is 0 Å². The van der Waals surface area contributed by atoms with E-state index < -0.39 is 0 Å². The molecule has 0 bridgehead atoms. The van der Waals surface area contributed by atoms with Crippen molar-refractivity contribution in [1.29, 1.82) is 5.26 Å². The molecule has 0 N–H and O–H groups in total. The summed E-state index contributed by atoms with van der Waals surface area (Å²) in [7, 11) is 0. The highest BCUT2D eigenvalue weighted by Crippen LogP contribution is 2.37. The molecular formula is C21H19N3O2S. The Kier molecular flexibility index (Phi) is 4.54. The highest BCUT2D eigenvalue weighted by Gasteiger charge is 2.43. The summed E-state index contributed by atoms with van der Waals surface area (Å²) >= 11 is 1.47. The van der Waals surface area contributed by atoms with Gasteiger partial charge in [-0.15, -0.1) is 11.3 Å². The van der Waals surface area contributed by atoms with Crippen molar-refractivity contribution in [2.24, 2.45) is 5.92 Å². The van der Waals surface area contributed by atoms with Gasteiger partial charge in [-0.25, -0.2) is 4.90 Å². The number of benzene rings is 1. The molecule has 4 rings (SSSR count). The van der Waals surface area contributed by atoms with Gasteiger partial charge in [0.2, 0.25) is 0 Å². The number of likely N-dealkylation sites (tertiary alicyclic amines) is 1. The number of hydrogen-bond acceptors (Lipinski definition) is 5. The van der Waals surface area contributed by atoms with E-state index in [0.717, 1.165) is 30.8 Å². The molecule has 0 atom stereocenters. The number of hydrogen-bond donors (Lipinski definition) is 0. The number of anilines is 1. The van der Waals surface area contributed by atoms with Crippen LogP contribution in [0.5, 0.6) is 0 Å². The summed E-state index contributed by atoms with van der Waals surface area (Å²) in [6.45, 7) is 3.79. The van der Waals surface area contributed by atoms with Crippen LogP contribution in [0, 0.1) is 17.2 Å². The first-order valence-electron chi connectivity index (χ1n) is 9.02. The number of carbonyl (C=O) groups excluding carboxylic acids is 2. The fourth-order valence-electron chi connectivity index (χ4n) is 3.61. The Hall–Kier alpha value is -2.91. The number of amides is 2. The number of nitrogens with zero attached hydrogens (tertiary/aromatic N) is 3. The van der Waals surface area contributed by atoms with Crippen molar-refractivity contribution in [2.45, 2.75) is 19.8 Å². The van der Waals surface area contributed by atoms with E-state index in [-0.39, 0.29) is 11.8 Å². The van der Waals surface area contributed by atoms with Crippen LogP contribution < -0.4 is 4.90 Å². The number of rotatable bonds is 3. The summed E-state index contributed by atoms with van der Waals surface area (Å²) < 4.78 is 0. The van der Waals surface area contributed by atoms with Crippen LogP contribution in [-0.2, 0) is 9.59 Å². The smallest absolute Gasteiger partial charge is 0.282 e. The second-order valence-corrected chi connectivity index (χ2v) is 7.92. The van der Waals surface area contributed by atoms with E-state index in [9.17, 15) is 9.59 Å². The largest absolute Gasteiger partial charge is 0.366 e. The first-order chi connectivity index (χ1) is 13.1. The summed E-state index contributed by atoms with van der Waals surface area (Å²) in [5, 5.41) is 10.9. The molecule has 2 amide bonds. The lowest BCUT2D eigenvalue weighted by Gasteiger charge is -2.32. The highest BCUT2D eigenvalue weighted by atomic mass is 32.1. The van der Waals surface area contributed by atoms with E-state index in [4.69, 9.17) is 5.26 Å². The van der Waals surface area contributed by atoms with Crippen LogP contribution in [0.3, 0.4) is 0 Å². The molecule has 1 aromatic heterocycles. The van der Waals surface area contributed by atoms with Crippen LogP contribution in [-0.4, -0.2) is 29.8 Å². The zero-order chi connectivity index (χ0) is 19.0. The van der Waals surface area contributed by atoms with Crippen LogP contribution in [0.15, 0.2) is 47.5 Å². The quantitative estimate of drug-likeness (QED) is 0.766. The zero-order valence-electron chi connectivity index (χ0n) is 15.0. The van der Waals surface area contributed by atoms with E-state index in [1.165, 1.54) is 16.2 Å². The SMILES string of the molecule is CC1CCN(C2=C(c3cccs3)C(=O)N(c3ccc(C#N)cc3)C2=O)CC1. The number of piperidine rings is 1. The summed E-state index contributed by atoms with van der Waals surface area (Å²) in [6.07, 6.45) is 2.03.